The first-order chi connectivity index (χ1) is 9.69. The van der Waals surface area contributed by atoms with Crippen molar-refractivity contribution in [2.75, 3.05) is 5.32 Å². The first-order valence-electron chi connectivity index (χ1n) is 7.02. The van der Waals surface area contributed by atoms with E-state index in [1.165, 1.54) is 0 Å². The summed E-state index contributed by atoms with van der Waals surface area (Å²) in [6, 6.07) is 1.77. The Morgan fingerprint density at radius 1 is 1.35 bits per heavy atom. The Morgan fingerprint density at radius 2 is 2.15 bits per heavy atom. The third-order valence-electron chi connectivity index (χ3n) is 3.17. The number of anilines is 1. The Labute approximate surface area is 117 Å². The van der Waals surface area contributed by atoms with Gasteiger partial charge in [0.1, 0.15) is 0 Å². The van der Waals surface area contributed by atoms with Gasteiger partial charge in [0.15, 0.2) is 5.69 Å². The predicted octanol–water partition coefficient (Wildman–Crippen LogP) is 2.73. The molecule has 0 radical (unpaired) electrons. The highest BCUT2D eigenvalue weighted by Crippen LogP contribution is 2.21. The van der Waals surface area contributed by atoms with Crippen LogP contribution in [-0.2, 0) is 19.3 Å². The van der Waals surface area contributed by atoms with Crippen molar-refractivity contribution < 1.29 is 9.32 Å². The Morgan fingerprint density at radius 3 is 2.80 bits per heavy atom. The van der Waals surface area contributed by atoms with Crippen LogP contribution >= 0.6 is 0 Å². The number of H-pyrrole nitrogens is 1. The second-order valence-corrected chi connectivity index (χ2v) is 4.63. The van der Waals surface area contributed by atoms with Crippen molar-refractivity contribution in [2.24, 2.45) is 0 Å². The van der Waals surface area contributed by atoms with Crippen LogP contribution in [0.3, 0.4) is 0 Å². The summed E-state index contributed by atoms with van der Waals surface area (Å²) in [5.74, 6) is 0.145. The van der Waals surface area contributed by atoms with Crippen molar-refractivity contribution in [3.63, 3.8) is 0 Å². The SMILES string of the molecule is CCCc1cc(C(=O)Nc2onc(CC)c2CC)n[nH]1. The smallest absolute Gasteiger partial charge is 0.278 e. The Balaban J connectivity index is 2.12. The molecule has 6 heteroatoms. The van der Waals surface area contributed by atoms with Crippen molar-refractivity contribution in [1.82, 2.24) is 15.4 Å². The molecule has 108 valence electrons. The number of aromatic amines is 1. The van der Waals surface area contributed by atoms with Gasteiger partial charge >= 0.3 is 0 Å². The van der Waals surface area contributed by atoms with Crippen LogP contribution in [0.5, 0.6) is 0 Å². The predicted molar refractivity (Wildman–Crippen MR) is 75.8 cm³/mol. The highest BCUT2D eigenvalue weighted by Gasteiger charge is 2.18. The number of hydrogen-bond acceptors (Lipinski definition) is 4. The van der Waals surface area contributed by atoms with E-state index in [0.717, 1.165) is 42.6 Å². The lowest BCUT2D eigenvalue weighted by atomic mass is 10.1. The van der Waals surface area contributed by atoms with E-state index in [-0.39, 0.29) is 5.91 Å². The van der Waals surface area contributed by atoms with Crippen LogP contribution < -0.4 is 5.32 Å². The number of amides is 1. The largest absolute Gasteiger partial charge is 0.338 e. The molecule has 6 nitrogen and oxygen atoms in total. The molecule has 0 aliphatic carbocycles. The van der Waals surface area contributed by atoms with E-state index in [4.69, 9.17) is 4.52 Å². The minimum atomic E-state index is -0.280. The minimum absolute atomic E-state index is 0.280. The summed E-state index contributed by atoms with van der Waals surface area (Å²) in [4.78, 5) is 12.1. The zero-order chi connectivity index (χ0) is 14.5. The van der Waals surface area contributed by atoms with Crippen molar-refractivity contribution in [3.8, 4) is 0 Å². The number of nitrogens with zero attached hydrogens (tertiary/aromatic N) is 2. The van der Waals surface area contributed by atoms with E-state index in [2.05, 4.69) is 27.6 Å². The minimum Gasteiger partial charge on any atom is -0.338 e. The van der Waals surface area contributed by atoms with Crippen LogP contribution in [0.1, 0.15) is 54.6 Å². The maximum absolute atomic E-state index is 12.1. The molecule has 1 amide bonds. The molecule has 2 rings (SSSR count). The molecule has 0 spiro atoms. The maximum Gasteiger partial charge on any atom is 0.278 e. The van der Waals surface area contributed by atoms with Gasteiger partial charge in [-0.3, -0.25) is 15.2 Å². The van der Waals surface area contributed by atoms with Gasteiger partial charge < -0.3 is 4.52 Å². The van der Waals surface area contributed by atoms with Gasteiger partial charge in [-0.25, -0.2) is 0 Å². The van der Waals surface area contributed by atoms with Gasteiger partial charge in [0.25, 0.3) is 5.91 Å². The van der Waals surface area contributed by atoms with E-state index in [0.29, 0.717) is 11.6 Å². The first-order valence-corrected chi connectivity index (χ1v) is 7.02. The van der Waals surface area contributed by atoms with Gasteiger partial charge in [0.2, 0.25) is 5.88 Å². The zero-order valence-corrected chi connectivity index (χ0v) is 12.1. The number of hydrogen-bond donors (Lipinski definition) is 2. The summed E-state index contributed by atoms with van der Waals surface area (Å²) < 4.78 is 5.20. The second kappa shape index (κ2) is 6.36. The van der Waals surface area contributed by atoms with E-state index in [1.807, 2.05) is 13.8 Å². The Hall–Kier alpha value is -2.11. The standard InChI is InChI=1S/C14H20N4O2/c1-4-7-9-8-12(17-16-9)13(19)15-14-10(5-2)11(6-3)18-20-14/h8H,4-7H2,1-3H3,(H,15,19)(H,16,17). The topological polar surface area (TPSA) is 83.8 Å². The van der Waals surface area contributed by atoms with Crippen LogP contribution in [0.2, 0.25) is 0 Å². The average molecular weight is 276 g/mol. The molecule has 0 atom stereocenters. The van der Waals surface area contributed by atoms with Gasteiger partial charge in [0, 0.05) is 11.3 Å². The fourth-order valence-electron chi connectivity index (χ4n) is 2.13. The van der Waals surface area contributed by atoms with E-state index < -0.39 is 0 Å². The lowest BCUT2D eigenvalue weighted by Crippen LogP contribution is -2.13. The van der Waals surface area contributed by atoms with Gasteiger partial charge in [0.05, 0.1) is 5.69 Å². The van der Waals surface area contributed by atoms with E-state index in [1.54, 1.807) is 6.07 Å². The third kappa shape index (κ3) is 2.89. The normalized spacial score (nSPS) is 10.8. The van der Waals surface area contributed by atoms with Gasteiger partial charge in [-0.1, -0.05) is 32.3 Å². The summed E-state index contributed by atoms with van der Waals surface area (Å²) in [6.45, 7) is 6.09. The molecule has 2 heterocycles. The summed E-state index contributed by atoms with van der Waals surface area (Å²) in [7, 11) is 0. The number of carbonyl (C=O) groups excluding carboxylic acids is 1. The highest BCUT2D eigenvalue weighted by molar-refractivity contribution is 6.02. The molecule has 0 aliphatic heterocycles. The molecular weight excluding hydrogens is 256 g/mol. The highest BCUT2D eigenvalue weighted by atomic mass is 16.5. The van der Waals surface area contributed by atoms with E-state index in [9.17, 15) is 4.79 Å². The lowest BCUT2D eigenvalue weighted by molar-refractivity contribution is 0.101. The monoisotopic (exact) mass is 276 g/mol. The molecule has 0 saturated heterocycles. The molecule has 0 fully saturated rings. The van der Waals surface area contributed by atoms with Crippen LogP contribution in [0, 0.1) is 0 Å². The fraction of sp³-hybridized carbons (Fsp3) is 0.500. The Kier molecular flexibility index (Phi) is 4.55. The molecule has 0 aliphatic rings. The van der Waals surface area contributed by atoms with E-state index >= 15 is 0 Å². The molecule has 0 saturated carbocycles. The zero-order valence-electron chi connectivity index (χ0n) is 12.1. The molecular formula is C14H20N4O2. The number of nitrogens with one attached hydrogen (secondary N) is 2. The summed E-state index contributed by atoms with van der Waals surface area (Å²) in [6.07, 6.45) is 3.43. The Bertz CT molecular complexity index is 586. The van der Waals surface area contributed by atoms with Gasteiger partial charge in [-0.2, -0.15) is 5.10 Å². The van der Waals surface area contributed by atoms with Gasteiger partial charge in [-0.05, 0) is 25.3 Å². The molecule has 2 aromatic heterocycles. The quantitative estimate of drug-likeness (QED) is 0.849. The van der Waals surface area contributed by atoms with Gasteiger partial charge in [-0.15, -0.1) is 0 Å². The van der Waals surface area contributed by atoms with Crippen LogP contribution in [0.25, 0.3) is 0 Å². The summed E-state index contributed by atoms with van der Waals surface area (Å²) >= 11 is 0. The summed E-state index contributed by atoms with van der Waals surface area (Å²) in [5.41, 5.74) is 3.16. The molecule has 2 aromatic rings. The first kappa shape index (κ1) is 14.3. The molecule has 0 bridgehead atoms. The lowest BCUT2D eigenvalue weighted by Gasteiger charge is -2.00. The van der Waals surface area contributed by atoms with Crippen LogP contribution in [-0.4, -0.2) is 21.3 Å². The molecule has 0 unspecified atom stereocenters. The number of rotatable bonds is 6. The molecule has 0 aromatic carbocycles. The number of carbonyl (C=O) groups is 1. The molecule has 20 heavy (non-hydrogen) atoms. The van der Waals surface area contributed by atoms with Crippen molar-refractivity contribution in [3.05, 3.63) is 28.7 Å². The number of aryl methyl sites for hydroxylation is 2. The van der Waals surface area contributed by atoms with Crippen molar-refractivity contribution >= 4 is 11.8 Å². The fourth-order valence-corrected chi connectivity index (χ4v) is 2.13. The summed E-state index contributed by atoms with van der Waals surface area (Å²) in [5, 5.41) is 13.6. The second-order valence-electron chi connectivity index (χ2n) is 4.63. The average Bonchev–Trinajstić information content (AvgIpc) is 3.05. The van der Waals surface area contributed by atoms with Crippen LogP contribution in [0.4, 0.5) is 5.88 Å². The van der Waals surface area contributed by atoms with Crippen molar-refractivity contribution in [1.29, 1.82) is 0 Å². The number of aromatic nitrogens is 3. The van der Waals surface area contributed by atoms with Crippen LogP contribution in [0.15, 0.2) is 10.6 Å². The van der Waals surface area contributed by atoms with Crippen molar-refractivity contribution in [2.45, 2.75) is 46.5 Å². The maximum atomic E-state index is 12.1. The third-order valence-corrected chi connectivity index (χ3v) is 3.17. The molecule has 2 N–H and O–H groups in total.